The average molecular weight is 910 g/mol. The fraction of sp³-hybridized carbons (Fsp3) is 0.490. The minimum absolute atomic E-state index is 0.0547. The van der Waals surface area contributed by atoms with Crippen molar-refractivity contribution in [3.63, 3.8) is 0 Å². The number of nitrogens with zero attached hydrogens (tertiary/aromatic N) is 1. The van der Waals surface area contributed by atoms with Crippen LogP contribution in [0.25, 0.3) is 22.3 Å². The Morgan fingerprint density at radius 2 is 1.00 bits per heavy atom. The predicted octanol–water partition coefficient (Wildman–Crippen LogP) is 11.8. The molecule has 2 saturated heterocycles. The highest BCUT2D eigenvalue weighted by Gasteiger charge is 2.35. The summed E-state index contributed by atoms with van der Waals surface area (Å²) in [5, 5.41) is 4.87. The van der Waals surface area contributed by atoms with Gasteiger partial charge in [-0.05, 0) is 171 Å². The van der Waals surface area contributed by atoms with Gasteiger partial charge in [-0.1, -0.05) is 96.0 Å². The minimum Gasteiger partial charge on any atom is -0.444 e. The van der Waals surface area contributed by atoms with Gasteiger partial charge >= 0.3 is 6.09 Å². The van der Waals surface area contributed by atoms with Crippen LogP contribution < -0.4 is 14.8 Å². The van der Waals surface area contributed by atoms with E-state index in [1.54, 1.807) is 4.90 Å². The lowest BCUT2D eigenvalue weighted by atomic mass is 9.83. The average Bonchev–Trinajstić information content (AvgIpc) is 3.22. The van der Waals surface area contributed by atoms with Crippen LogP contribution in [-0.4, -0.2) is 60.7 Å². The van der Waals surface area contributed by atoms with Crippen LogP contribution in [0, 0.1) is 11.8 Å². The topological polar surface area (TPSA) is 99.8 Å². The quantitative estimate of drug-likeness (QED) is 0.147. The van der Waals surface area contributed by atoms with Crippen molar-refractivity contribution in [1.29, 1.82) is 0 Å². The summed E-state index contributed by atoms with van der Waals surface area (Å²) >= 11 is 12.2. The standard InChI is InChI=1S/C27H37ClN2O3S.C22H29ClN2OS/c1-26(2,3)33-25(31)30-17-15-20(16-18-30)24(29-34(32)27(4,5)6)23-10-8-7-9-22(23)19-11-13-21(28)14-12-19;1-22(2,3)27(26)25-21(17-12-14-24-15-13-17)20-7-5-4-6-19(20)16-8-10-18(23)11-9-16/h7-14,20,24,29H,15-18H2,1-6H3;4-11,17,21,24-25H,12-15H2,1-3H3/t24-,34?;21-,27?/m11/s1. The van der Waals surface area contributed by atoms with Crippen LogP contribution in [0.4, 0.5) is 4.79 Å². The molecule has 12 heteroatoms. The second-order valence-electron chi connectivity index (χ2n) is 19.0. The highest BCUT2D eigenvalue weighted by molar-refractivity contribution is 7.84. The molecule has 0 spiro atoms. The number of carbonyl (C=O) groups is 1. The molecule has 61 heavy (non-hydrogen) atoms. The number of ether oxygens (including phenoxy) is 1. The maximum absolute atomic E-state index is 13.2. The lowest BCUT2D eigenvalue weighted by molar-refractivity contribution is 0.0172. The summed E-state index contributed by atoms with van der Waals surface area (Å²) in [4.78, 5) is 14.3. The number of carbonyl (C=O) groups excluding carboxylic acids is 1. The molecule has 0 saturated carbocycles. The second kappa shape index (κ2) is 21.5. The zero-order chi connectivity index (χ0) is 44.5. The molecule has 4 atom stereocenters. The van der Waals surface area contributed by atoms with Crippen molar-refractivity contribution in [2.24, 2.45) is 11.8 Å². The van der Waals surface area contributed by atoms with E-state index in [0.29, 0.717) is 24.0 Å². The molecule has 332 valence electrons. The van der Waals surface area contributed by atoms with Crippen LogP contribution in [0.5, 0.6) is 0 Å². The maximum atomic E-state index is 13.2. The van der Waals surface area contributed by atoms with Crippen molar-refractivity contribution in [2.75, 3.05) is 26.2 Å². The molecule has 4 aromatic rings. The predicted molar refractivity (Wildman–Crippen MR) is 257 cm³/mol. The molecule has 0 bridgehead atoms. The SMILES string of the molecule is CC(C)(C)OC(=O)N1CCC([C@@H](NS(=O)C(C)(C)C)c2ccccc2-c2ccc(Cl)cc2)CC1.CC(C)(C)S(=O)N[C@@H](c1ccccc1-c1ccc(Cl)cc1)C1CCNCC1. The van der Waals surface area contributed by atoms with Crippen molar-refractivity contribution in [1.82, 2.24) is 19.7 Å². The van der Waals surface area contributed by atoms with Gasteiger partial charge in [0.25, 0.3) is 0 Å². The van der Waals surface area contributed by atoms with Gasteiger partial charge in [0, 0.05) is 35.2 Å². The third-order valence-electron chi connectivity index (χ3n) is 11.0. The number of amides is 1. The van der Waals surface area contributed by atoms with E-state index in [2.05, 4.69) is 63.3 Å². The zero-order valence-electron chi connectivity index (χ0n) is 37.4. The summed E-state index contributed by atoms with van der Waals surface area (Å²) in [7, 11) is -2.37. The van der Waals surface area contributed by atoms with Gasteiger partial charge in [-0.3, -0.25) is 0 Å². The third kappa shape index (κ3) is 14.2. The number of hydrogen-bond acceptors (Lipinski definition) is 5. The van der Waals surface area contributed by atoms with Crippen LogP contribution >= 0.6 is 23.2 Å². The lowest BCUT2D eigenvalue weighted by Gasteiger charge is -2.38. The van der Waals surface area contributed by atoms with Crippen LogP contribution in [0.15, 0.2) is 97.1 Å². The van der Waals surface area contributed by atoms with Gasteiger partial charge in [0.2, 0.25) is 0 Å². The first-order chi connectivity index (χ1) is 28.7. The summed E-state index contributed by atoms with van der Waals surface area (Å²) in [6.07, 6.45) is 3.48. The van der Waals surface area contributed by atoms with Crippen molar-refractivity contribution < 1.29 is 17.9 Å². The van der Waals surface area contributed by atoms with Crippen LogP contribution in [0.2, 0.25) is 10.0 Å². The van der Waals surface area contributed by atoms with Crippen molar-refractivity contribution in [2.45, 2.75) is 115 Å². The molecule has 2 heterocycles. The third-order valence-corrected chi connectivity index (χ3v) is 14.7. The number of halogens is 2. The van der Waals surface area contributed by atoms with Crippen LogP contribution in [-0.2, 0) is 26.7 Å². The van der Waals surface area contributed by atoms with Crippen LogP contribution in [0.1, 0.15) is 111 Å². The molecule has 2 aliphatic rings. The molecule has 3 N–H and O–H groups in total. The number of hydrogen-bond donors (Lipinski definition) is 3. The molecule has 2 unspecified atom stereocenters. The van der Waals surface area contributed by atoms with E-state index >= 15 is 0 Å². The van der Waals surface area contributed by atoms with Gasteiger partial charge in [0.15, 0.2) is 0 Å². The second-order valence-corrected chi connectivity index (χ2v) is 23.9. The van der Waals surface area contributed by atoms with E-state index in [0.717, 1.165) is 66.0 Å². The van der Waals surface area contributed by atoms with Crippen molar-refractivity contribution in [3.05, 3.63) is 118 Å². The number of rotatable bonds is 10. The van der Waals surface area contributed by atoms with Crippen molar-refractivity contribution >= 4 is 51.3 Å². The van der Waals surface area contributed by atoms with Gasteiger partial charge in [0.05, 0.1) is 31.5 Å². The summed E-state index contributed by atoms with van der Waals surface area (Å²) in [6.45, 7) is 20.9. The Kier molecular flexibility index (Phi) is 17.3. The fourth-order valence-corrected chi connectivity index (χ4v) is 9.71. The van der Waals surface area contributed by atoms with Gasteiger partial charge in [-0.15, -0.1) is 0 Å². The Balaban J connectivity index is 0.000000237. The summed E-state index contributed by atoms with van der Waals surface area (Å²) in [5.41, 5.74) is 6.28. The molecular formula is C49H66Cl2N4O4S2. The highest BCUT2D eigenvalue weighted by Crippen LogP contribution is 2.39. The Hall–Kier alpha value is -3.09. The van der Waals surface area contributed by atoms with E-state index in [1.807, 2.05) is 111 Å². The highest BCUT2D eigenvalue weighted by atomic mass is 35.5. The van der Waals surface area contributed by atoms with Gasteiger partial charge in [0.1, 0.15) is 5.60 Å². The van der Waals surface area contributed by atoms with E-state index < -0.39 is 32.3 Å². The summed E-state index contributed by atoms with van der Waals surface area (Å²) in [5.74, 6) is 0.671. The Bertz CT molecular complexity index is 2080. The molecule has 8 nitrogen and oxygen atoms in total. The first kappa shape index (κ1) is 48.9. The van der Waals surface area contributed by atoms with Crippen molar-refractivity contribution in [3.8, 4) is 22.3 Å². The van der Waals surface area contributed by atoms with Gasteiger partial charge in [-0.25, -0.2) is 22.7 Å². The molecule has 6 rings (SSSR count). The number of nitrogens with one attached hydrogen (secondary N) is 3. The molecule has 4 aromatic carbocycles. The minimum atomic E-state index is -1.25. The molecular weight excluding hydrogens is 844 g/mol. The van der Waals surface area contributed by atoms with E-state index in [4.69, 9.17) is 27.9 Å². The zero-order valence-corrected chi connectivity index (χ0v) is 40.5. The normalized spacial score (nSPS) is 17.7. The van der Waals surface area contributed by atoms with Gasteiger partial charge < -0.3 is 15.0 Å². The van der Waals surface area contributed by atoms with E-state index in [1.165, 1.54) is 11.1 Å². The van der Waals surface area contributed by atoms with Crippen LogP contribution in [0.3, 0.4) is 0 Å². The molecule has 0 radical (unpaired) electrons. The maximum Gasteiger partial charge on any atom is 0.410 e. The van der Waals surface area contributed by atoms with E-state index in [9.17, 15) is 13.2 Å². The Labute approximate surface area is 380 Å². The number of likely N-dealkylation sites (tertiary alicyclic amines) is 1. The number of benzene rings is 4. The molecule has 2 fully saturated rings. The Morgan fingerprint density at radius 1 is 0.623 bits per heavy atom. The van der Waals surface area contributed by atoms with E-state index in [-0.39, 0.29) is 28.8 Å². The molecule has 0 aromatic heterocycles. The fourth-order valence-electron chi connectivity index (χ4n) is 7.65. The molecule has 1 amide bonds. The van der Waals surface area contributed by atoms with Gasteiger partial charge in [-0.2, -0.15) is 0 Å². The molecule has 2 aliphatic heterocycles. The first-order valence-corrected chi connectivity index (χ1v) is 24.5. The smallest absolute Gasteiger partial charge is 0.410 e. The first-order valence-electron chi connectivity index (χ1n) is 21.5. The Morgan fingerprint density at radius 3 is 1.38 bits per heavy atom. The summed E-state index contributed by atoms with van der Waals surface area (Å²) in [6, 6.07) is 32.4. The number of piperidine rings is 2. The summed E-state index contributed by atoms with van der Waals surface area (Å²) < 4.78 is 38.0. The lowest BCUT2D eigenvalue weighted by Crippen LogP contribution is -2.45. The molecule has 0 aliphatic carbocycles. The largest absolute Gasteiger partial charge is 0.444 e. The monoisotopic (exact) mass is 908 g/mol.